The molecule has 1 N–H and O–H groups in total. The minimum atomic E-state index is 0.380. The monoisotopic (exact) mass is 264 g/mol. The second-order valence-electron chi connectivity index (χ2n) is 4.82. The summed E-state index contributed by atoms with van der Waals surface area (Å²) in [4.78, 5) is 4.01. The average molecular weight is 264 g/mol. The van der Waals surface area contributed by atoms with E-state index in [-0.39, 0.29) is 0 Å². The van der Waals surface area contributed by atoms with E-state index >= 15 is 0 Å². The number of aromatic nitrogens is 3. The van der Waals surface area contributed by atoms with Crippen LogP contribution in [0, 0.1) is 6.92 Å². The van der Waals surface area contributed by atoms with Crippen LogP contribution in [0.25, 0.3) is 0 Å². The van der Waals surface area contributed by atoms with Crippen LogP contribution in [0.2, 0.25) is 0 Å². The Hall–Kier alpha value is -1.82. The van der Waals surface area contributed by atoms with Gasteiger partial charge < -0.3 is 14.5 Å². The molecule has 19 heavy (non-hydrogen) atoms. The first-order valence-electron chi connectivity index (χ1n) is 6.34. The summed E-state index contributed by atoms with van der Waals surface area (Å²) in [6.45, 7) is 7.28. The molecule has 0 radical (unpaired) electrons. The Morgan fingerprint density at radius 1 is 1.47 bits per heavy atom. The number of rotatable bonds is 6. The summed E-state index contributed by atoms with van der Waals surface area (Å²) < 4.78 is 12.8. The summed E-state index contributed by atoms with van der Waals surface area (Å²) in [7, 11) is 1.80. The number of aryl methyl sites for hydroxylation is 2. The summed E-state index contributed by atoms with van der Waals surface area (Å²) in [5, 5.41) is 7.38. The van der Waals surface area contributed by atoms with Gasteiger partial charge in [0.2, 0.25) is 0 Å². The Kier molecular flexibility index (Phi) is 4.21. The molecule has 6 heteroatoms. The maximum absolute atomic E-state index is 5.67. The van der Waals surface area contributed by atoms with Crippen LogP contribution in [0.5, 0.6) is 6.01 Å². The summed E-state index contributed by atoms with van der Waals surface area (Å²) in [5.41, 5.74) is 1.02. The van der Waals surface area contributed by atoms with Crippen LogP contribution < -0.4 is 10.1 Å². The van der Waals surface area contributed by atoms with Gasteiger partial charge in [0.25, 0.3) is 0 Å². The van der Waals surface area contributed by atoms with Crippen molar-refractivity contribution in [2.45, 2.75) is 40.0 Å². The normalized spacial score (nSPS) is 11.2. The second kappa shape index (κ2) is 5.88. The van der Waals surface area contributed by atoms with Gasteiger partial charge in [0.05, 0.1) is 6.54 Å². The van der Waals surface area contributed by atoms with Crippen molar-refractivity contribution in [3.63, 3.8) is 0 Å². The number of furan rings is 1. The summed E-state index contributed by atoms with van der Waals surface area (Å²) in [6.07, 6.45) is 1.61. The number of ether oxygens (including phenoxy) is 1. The molecule has 0 aromatic carbocycles. The fourth-order valence-electron chi connectivity index (χ4n) is 1.65. The molecule has 104 valence electrons. The van der Waals surface area contributed by atoms with Crippen LogP contribution in [0.15, 0.2) is 16.8 Å². The Bertz CT molecular complexity index is 530. The van der Waals surface area contributed by atoms with Gasteiger partial charge in [-0.05, 0) is 13.0 Å². The molecule has 0 amide bonds. The molecule has 0 spiro atoms. The summed E-state index contributed by atoms with van der Waals surface area (Å²) in [5.74, 6) is 1.79. The smallest absolute Gasteiger partial charge is 0.335 e. The fraction of sp³-hybridized carbons (Fsp3) is 0.538. The van der Waals surface area contributed by atoms with Gasteiger partial charge in [-0.25, -0.2) is 0 Å². The molecular formula is C13H20N4O2. The molecule has 0 aliphatic rings. The van der Waals surface area contributed by atoms with Crippen LogP contribution >= 0.6 is 0 Å². The summed E-state index contributed by atoms with van der Waals surface area (Å²) >= 11 is 0. The minimum absolute atomic E-state index is 0.380. The standard InChI is InChI=1S/C13H20N4O2/c1-9(2)14-6-12-5-11(10(3)19-12)7-18-13-15-8-17(4)16-13/h5,8-9,14H,6-7H2,1-4H3. The van der Waals surface area contributed by atoms with E-state index in [2.05, 4.69) is 29.2 Å². The van der Waals surface area contributed by atoms with Crippen molar-refractivity contribution in [1.82, 2.24) is 20.1 Å². The first-order chi connectivity index (χ1) is 9.04. The molecule has 0 saturated carbocycles. The minimum Gasteiger partial charge on any atom is -0.465 e. The van der Waals surface area contributed by atoms with Crippen LogP contribution in [-0.2, 0) is 20.2 Å². The first kappa shape index (κ1) is 13.6. The van der Waals surface area contributed by atoms with Crippen LogP contribution in [-0.4, -0.2) is 20.8 Å². The van der Waals surface area contributed by atoms with Gasteiger partial charge in [0.15, 0.2) is 0 Å². The molecule has 6 nitrogen and oxygen atoms in total. The van der Waals surface area contributed by atoms with Crippen LogP contribution in [0.3, 0.4) is 0 Å². The zero-order valence-electron chi connectivity index (χ0n) is 11.8. The quantitative estimate of drug-likeness (QED) is 0.861. The molecule has 0 fully saturated rings. The Labute approximate surface area is 112 Å². The average Bonchev–Trinajstić information content (AvgIpc) is 2.90. The van der Waals surface area contributed by atoms with Crippen molar-refractivity contribution >= 4 is 0 Å². The highest BCUT2D eigenvalue weighted by Crippen LogP contribution is 2.16. The van der Waals surface area contributed by atoms with Gasteiger partial charge in [-0.1, -0.05) is 13.8 Å². The molecule has 0 atom stereocenters. The van der Waals surface area contributed by atoms with E-state index in [4.69, 9.17) is 9.15 Å². The predicted molar refractivity (Wildman–Crippen MR) is 70.8 cm³/mol. The third-order valence-electron chi connectivity index (χ3n) is 2.69. The highest BCUT2D eigenvalue weighted by atomic mass is 16.5. The molecular weight excluding hydrogens is 244 g/mol. The molecule has 0 bridgehead atoms. The molecule has 2 aromatic rings. The lowest BCUT2D eigenvalue weighted by molar-refractivity contribution is 0.277. The van der Waals surface area contributed by atoms with Gasteiger partial charge in [0.1, 0.15) is 24.5 Å². The molecule has 0 unspecified atom stereocenters. The highest BCUT2D eigenvalue weighted by molar-refractivity contribution is 5.20. The number of nitrogens with one attached hydrogen (secondary N) is 1. The van der Waals surface area contributed by atoms with E-state index in [0.717, 1.165) is 23.6 Å². The van der Waals surface area contributed by atoms with Crippen molar-refractivity contribution in [1.29, 1.82) is 0 Å². The van der Waals surface area contributed by atoms with Gasteiger partial charge in [0, 0.05) is 18.7 Å². The van der Waals surface area contributed by atoms with Crippen LogP contribution in [0.1, 0.15) is 30.9 Å². The SMILES string of the molecule is Cc1oc(CNC(C)C)cc1COc1ncn(C)n1. The van der Waals surface area contributed by atoms with E-state index in [1.165, 1.54) is 0 Å². The number of nitrogens with zero attached hydrogens (tertiary/aromatic N) is 3. The van der Waals surface area contributed by atoms with Gasteiger partial charge >= 0.3 is 6.01 Å². The molecule has 0 aliphatic heterocycles. The lowest BCUT2D eigenvalue weighted by Gasteiger charge is -2.04. The van der Waals surface area contributed by atoms with E-state index in [1.54, 1.807) is 18.1 Å². The Morgan fingerprint density at radius 3 is 2.89 bits per heavy atom. The van der Waals surface area contributed by atoms with Gasteiger partial charge in [-0.3, -0.25) is 4.68 Å². The number of hydrogen-bond donors (Lipinski definition) is 1. The first-order valence-corrected chi connectivity index (χ1v) is 6.34. The maximum Gasteiger partial charge on any atom is 0.335 e. The van der Waals surface area contributed by atoms with E-state index < -0.39 is 0 Å². The molecule has 2 heterocycles. The van der Waals surface area contributed by atoms with Crippen molar-refractivity contribution in [3.8, 4) is 6.01 Å². The van der Waals surface area contributed by atoms with Crippen molar-refractivity contribution in [3.05, 3.63) is 29.5 Å². The van der Waals surface area contributed by atoms with Crippen molar-refractivity contribution in [2.75, 3.05) is 0 Å². The van der Waals surface area contributed by atoms with Gasteiger partial charge in [-0.15, -0.1) is 5.10 Å². The predicted octanol–water partition coefficient (Wildman–Crippen LogP) is 1.79. The van der Waals surface area contributed by atoms with E-state index in [1.807, 2.05) is 13.0 Å². The fourth-order valence-corrected chi connectivity index (χ4v) is 1.65. The third-order valence-corrected chi connectivity index (χ3v) is 2.69. The van der Waals surface area contributed by atoms with Crippen molar-refractivity contribution < 1.29 is 9.15 Å². The highest BCUT2D eigenvalue weighted by Gasteiger charge is 2.09. The topological polar surface area (TPSA) is 65.1 Å². The number of hydrogen-bond acceptors (Lipinski definition) is 5. The lowest BCUT2D eigenvalue weighted by atomic mass is 10.2. The Balaban J connectivity index is 1.93. The van der Waals surface area contributed by atoms with Crippen LogP contribution in [0.4, 0.5) is 0 Å². The maximum atomic E-state index is 5.67. The third kappa shape index (κ3) is 3.82. The molecule has 2 rings (SSSR count). The zero-order chi connectivity index (χ0) is 13.8. The molecule has 0 saturated heterocycles. The lowest BCUT2D eigenvalue weighted by Crippen LogP contribution is -2.21. The van der Waals surface area contributed by atoms with E-state index in [9.17, 15) is 0 Å². The second-order valence-corrected chi connectivity index (χ2v) is 4.82. The molecule has 2 aromatic heterocycles. The Morgan fingerprint density at radius 2 is 2.26 bits per heavy atom. The zero-order valence-corrected chi connectivity index (χ0v) is 11.8. The largest absolute Gasteiger partial charge is 0.465 e. The van der Waals surface area contributed by atoms with Gasteiger partial charge in [-0.2, -0.15) is 4.98 Å². The summed E-state index contributed by atoms with van der Waals surface area (Å²) in [6, 6.07) is 2.82. The van der Waals surface area contributed by atoms with E-state index in [0.29, 0.717) is 18.7 Å². The van der Waals surface area contributed by atoms with Crippen molar-refractivity contribution in [2.24, 2.45) is 7.05 Å². The molecule has 0 aliphatic carbocycles.